The number of halogens is 6. The number of rotatable bonds is 0. The molecule has 4 saturated heterocycles. The van der Waals surface area contributed by atoms with Gasteiger partial charge in [0.25, 0.3) is 0 Å². The van der Waals surface area contributed by atoms with Crippen molar-refractivity contribution < 1.29 is 56.2 Å². The van der Waals surface area contributed by atoms with E-state index in [1.54, 1.807) is 49.3 Å². The number of allylic oxidation sites excluding steroid dienone is 8. The van der Waals surface area contributed by atoms with Crippen molar-refractivity contribution in [3.05, 3.63) is 187 Å². The summed E-state index contributed by atoms with van der Waals surface area (Å²) in [5.74, 6) is 6.36. The summed E-state index contributed by atoms with van der Waals surface area (Å²) in [6.07, 6.45) is 30.6. The van der Waals surface area contributed by atoms with Crippen molar-refractivity contribution in [1.82, 2.24) is 0 Å². The molecule has 630 valence electrons. The third-order valence-electron chi connectivity index (χ3n) is 21.4. The number of ether oxygens (including phenoxy) is 6. The number of hydrogen-bond acceptors (Lipinski definition) is 6. The van der Waals surface area contributed by atoms with Crippen molar-refractivity contribution >= 4 is 0 Å². The van der Waals surface area contributed by atoms with E-state index in [0.717, 1.165) is 110 Å². The summed E-state index contributed by atoms with van der Waals surface area (Å²) in [5, 5.41) is 0. The van der Waals surface area contributed by atoms with Crippen LogP contribution >= 0.6 is 0 Å². The van der Waals surface area contributed by atoms with Crippen LogP contribution in [0.1, 0.15) is 299 Å². The average molecular weight is 1550 g/mol. The number of hydrogen-bond donors (Lipinski definition) is 0. The molecule has 8 atom stereocenters. The van der Waals surface area contributed by atoms with Crippen LogP contribution < -0.4 is 0 Å². The van der Waals surface area contributed by atoms with Crippen LogP contribution in [0.5, 0.6) is 0 Å². The van der Waals surface area contributed by atoms with E-state index >= 15 is 0 Å². The molecular formula is C98H160F6O6. The molecule has 4 aromatic carbocycles. The summed E-state index contributed by atoms with van der Waals surface area (Å²) in [6.45, 7) is 58.6. The predicted octanol–water partition coefficient (Wildman–Crippen LogP) is 30.1. The molecule has 8 unspecified atom stereocenters. The molecule has 0 N–H and O–H groups in total. The molecule has 1 saturated carbocycles. The van der Waals surface area contributed by atoms with Crippen LogP contribution in [0.4, 0.5) is 26.3 Å². The highest BCUT2D eigenvalue weighted by Crippen LogP contribution is 2.31. The summed E-state index contributed by atoms with van der Waals surface area (Å²) in [6, 6.07) is 22.0. The van der Waals surface area contributed by atoms with E-state index in [2.05, 4.69) is 147 Å². The zero-order valence-electron chi connectivity index (χ0n) is 74.3. The first-order valence-electron chi connectivity index (χ1n) is 42.3. The van der Waals surface area contributed by atoms with Crippen LogP contribution in [0, 0.1) is 138 Å². The van der Waals surface area contributed by atoms with E-state index in [9.17, 15) is 26.3 Å². The van der Waals surface area contributed by atoms with Gasteiger partial charge in [-0.1, -0.05) is 190 Å². The first kappa shape index (κ1) is 103. The molecule has 0 spiro atoms. The third kappa shape index (κ3) is 51.8. The van der Waals surface area contributed by atoms with Gasteiger partial charge in [-0.15, -0.1) is 0 Å². The summed E-state index contributed by atoms with van der Waals surface area (Å²) >= 11 is 0. The fourth-order valence-corrected chi connectivity index (χ4v) is 12.2. The van der Waals surface area contributed by atoms with Crippen molar-refractivity contribution in [3.63, 3.8) is 0 Å². The maximum Gasteiger partial charge on any atom is 0.161 e. The van der Waals surface area contributed by atoms with Gasteiger partial charge >= 0.3 is 0 Å². The highest BCUT2D eigenvalue weighted by atomic mass is 19.2. The lowest BCUT2D eigenvalue weighted by molar-refractivity contribution is -0.187. The minimum atomic E-state index is -0.736. The quantitative estimate of drug-likeness (QED) is 0.129. The molecule has 12 heteroatoms. The fraction of sp³-hybridized carbons (Fsp3) is 0.673. The molecule has 13 rings (SSSR count). The molecule has 9 aliphatic rings. The normalized spacial score (nSPS) is 26.7. The van der Waals surface area contributed by atoms with Gasteiger partial charge in [-0.25, -0.2) is 26.3 Å². The molecule has 0 aromatic heterocycles. The Bertz CT molecular complexity index is 2850. The lowest BCUT2D eigenvalue weighted by atomic mass is 9.84. The molecule has 5 fully saturated rings. The van der Waals surface area contributed by atoms with Gasteiger partial charge in [0.1, 0.15) is 11.6 Å². The van der Waals surface area contributed by atoms with E-state index in [1.165, 1.54) is 140 Å². The summed E-state index contributed by atoms with van der Waals surface area (Å²) in [4.78, 5) is 0. The highest BCUT2D eigenvalue weighted by molar-refractivity contribution is 5.25. The largest absolute Gasteiger partial charge is 0.378 e. The van der Waals surface area contributed by atoms with Crippen LogP contribution in [-0.4, -0.2) is 64.4 Å². The van der Waals surface area contributed by atoms with Gasteiger partial charge in [0, 0.05) is 39.3 Å². The summed E-state index contributed by atoms with van der Waals surface area (Å²) < 4.78 is 107. The van der Waals surface area contributed by atoms with E-state index < -0.39 is 11.6 Å². The zero-order chi connectivity index (χ0) is 83.0. The lowest BCUT2D eigenvalue weighted by Crippen LogP contribution is -2.27. The SMILES string of the molecule is CC1=C(F)CC(C)CC1.CC1=C(F)CC(C)CC1.CC1=CCC(C)CC1.CC1=CCC(C)CC1.CC1CCC(C)CC1.CC1CCC(C)OC1.CC1CCC(C)OC1.CC1COC(C)OC1.CC1COC(C)OC1.Cc1ccc(C)c(F)c1.Cc1ccc(C)c(F)c1.Cc1ccc(C)c(F)c1F.Cc1ccc(C)cc1.[HH]. The van der Waals surface area contributed by atoms with E-state index in [4.69, 9.17) is 28.4 Å². The third-order valence-corrected chi connectivity index (χ3v) is 21.4. The van der Waals surface area contributed by atoms with Gasteiger partial charge in [-0.3, -0.25) is 0 Å². The molecule has 4 heterocycles. The van der Waals surface area contributed by atoms with Crippen molar-refractivity contribution in [2.45, 2.75) is 333 Å². The van der Waals surface area contributed by atoms with Gasteiger partial charge in [0.05, 0.1) is 50.3 Å². The second-order valence-corrected chi connectivity index (χ2v) is 34.6. The Hall–Kier alpha value is -4.82. The summed E-state index contributed by atoms with van der Waals surface area (Å²) in [7, 11) is 0. The van der Waals surface area contributed by atoms with Crippen molar-refractivity contribution in [1.29, 1.82) is 0 Å². The minimum Gasteiger partial charge on any atom is -0.378 e. The van der Waals surface area contributed by atoms with E-state index in [1.807, 2.05) is 53.7 Å². The van der Waals surface area contributed by atoms with Crippen LogP contribution in [0.3, 0.4) is 0 Å². The Balaban J connectivity index is 0.00000118. The molecule has 0 bridgehead atoms. The van der Waals surface area contributed by atoms with Crippen molar-refractivity contribution in [3.8, 4) is 0 Å². The molecule has 6 nitrogen and oxygen atoms in total. The molecule has 0 radical (unpaired) electrons. The Morgan fingerprint density at radius 2 is 0.545 bits per heavy atom. The minimum absolute atomic E-state index is 0. The molecular weight excluding hydrogens is 1390 g/mol. The zero-order valence-corrected chi connectivity index (χ0v) is 74.3. The predicted molar refractivity (Wildman–Crippen MR) is 458 cm³/mol. The standard InChI is InChI=1S/C8H8F2.2C8H13F.2C8H9F.C8H16.2C8H14.C8H10.2C7H14O.2C6H12O2.H2/c1-5-3-4-6(2)8(10)7(5)9;4*1-6-3-4-7(2)8(9)5-6;4*1-7-3-5-8(2)6-4-7;2*1-6-3-4-7(2)8-5-6;2*1-5-3-7-6(2)8-4-5;/h3-4H,1-2H3;2*6H,3-5H2,1-2H3;2*3-5H,1-2H3;7-8H,3-6H2,1-2H3;2*3,8H,4-6H2,1-2H3;3-6H,1-2H3;2*6-7H,3-5H2,1-2H3;2*5-6H,3-4H2,1-2H3;1H. The monoisotopic (exact) mass is 1550 g/mol. The van der Waals surface area contributed by atoms with Gasteiger partial charge in [0.15, 0.2) is 24.2 Å². The molecule has 5 aliphatic carbocycles. The first-order valence-corrected chi connectivity index (χ1v) is 42.3. The highest BCUT2D eigenvalue weighted by Gasteiger charge is 2.19. The second-order valence-electron chi connectivity index (χ2n) is 34.6. The second kappa shape index (κ2) is 58.9. The van der Waals surface area contributed by atoms with Gasteiger partial charge in [-0.05, 0) is 305 Å². The summed E-state index contributed by atoms with van der Waals surface area (Å²) in [5.41, 5.74) is 11.8. The Morgan fingerprint density at radius 1 is 0.273 bits per heavy atom. The molecule has 110 heavy (non-hydrogen) atoms. The van der Waals surface area contributed by atoms with Crippen LogP contribution in [-0.2, 0) is 28.4 Å². The van der Waals surface area contributed by atoms with E-state index in [-0.39, 0.29) is 37.3 Å². The maximum absolute atomic E-state index is 12.7. The molecule has 0 amide bonds. The van der Waals surface area contributed by atoms with Crippen LogP contribution in [0.25, 0.3) is 0 Å². The van der Waals surface area contributed by atoms with E-state index in [0.29, 0.717) is 71.0 Å². The van der Waals surface area contributed by atoms with Gasteiger partial charge in [-0.2, -0.15) is 0 Å². The van der Waals surface area contributed by atoms with Gasteiger partial charge in [0.2, 0.25) is 0 Å². The smallest absolute Gasteiger partial charge is 0.161 e. The fourth-order valence-electron chi connectivity index (χ4n) is 12.2. The van der Waals surface area contributed by atoms with Crippen molar-refractivity contribution in [2.75, 3.05) is 39.6 Å². The number of aryl methyl sites for hydroxylation is 8. The Morgan fingerprint density at radius 3 is 0.764 bits per heavy atom. The average Bonchev–Trinajstić information content (AvgIpc) is 0.827. The topological polar surface area (TPSA) is 55.4 Å². The van der Waals surface area contributed by atoms with Crippen LogP contribution in [0.2, 0.25) is 0 Å². The van der Waals surface area contributed by atoms with Crippen molar-refractivity contribution in [2.24, 2.45) is 59.2 Å². The maximum atomic E-state index is 12.7. The van der Waals surface area contributed by atoms with Crippen LogP contribution in [0.15, 0.2) is 119 Å². The molecule has 4 aromatic rings. The van der Waals surface area contributed by atoms with Gasteiger partial charge < -0.3 is 28.4 Å². The Labute approximate surface area is 671 Å². The first-order chi connectivity index (χ1) is 51.7. The lowest BCUT2D eigenvalue weighted by Gasteiger charge is -2.24. The Kier molecular flexibility index (Phi) is 55.3. The number of benzene rings is 4. The molecule has 4 aliphatic heterocycles.